The third-order valence-electron chi connectivity index (χ3n) is 3.24. The maximum Gasteiger partial charge on any atom is 0.271 e. The van der Waals surface area contributed by atoms with E-state index < -0.39 is 4.92 Å². The van der Waals surface area contributed by atoms with Crippen LogP contribution >= 0.6 is 11.6 Å². The first-order valence-corrected chi connectivity index (χ1v) is 7.00. The fourth-order valence-electron chi connectivity index (χ4n) is 2.15. The van der Waals surface area contributed by atoms with Crippen LogP contribution in [0.4, 0.5) is 5.69 Å². The summed E-state index contributed by atoms with van der Waals surface area (Å²) in [4.78, 5) is 10.4. The minimum absolute atomic E-state index is 0.0428. The molecule has 6 nitrogen and oxygen atoms in total. The predicted molar refractivity (Wildman–Crippen MR) is 83.3 cm³/mol. The third kappa shape index (κ3) is 2.87. The fraction of sp³-hybridized carbons (Fsp3) is 0.133. The van der Waals surface area contributed by atoms with Crippen LogP contribution in [-0.4, -0.2) is 21.3 Å². The van der Waals surface area contributed by atoms with Crippen molar-refractivity contribution in [1.82, 2.24) is 9.78 Å². The molecule has 0 saturated heterocycles. The van der Waals surface area contributed by atoms with Crippen LogP contribution in [0, 0.1) is 10.1 Å². The molecule has 1 aromatic heterocycles. The number of nitro benzene ring substituents is 1. The first-order valence-electron chi connectivity index (χ1n) is 6.62. The van der Waals surface area contributed by atoms with Crippen LogP contribution in [0.1, 0.15) is 0 Å². The molecule has 7 heteroatoms. The molecule has 0 atom stereocenters. The van der Waals surface area contributed by atoms with Gasteiger partial charge in [-0.15, -0.1) is 0 Å². The summed E-state index contributed by atoms with van der Waals surface area (Å²) in [5, 5.41) is 16.5. The van der Waals surface area contributed by atoms with E-state index in [-0.39, 0.29) is 5.69 Å². The van der Waals surface area contributed by atoms with Gasteiger partial charge in [-0.05, 0) is 18.2 Å². The van der Waals surface area contributed by atoms with E-state index >= 15 is 0 Å². The average molecular weight is 318 g/mol. The van der Waals surface area contributed by atoms with Crippen molar-refractivity contribution in [2.75, 3.05) is 6.61 Å². The highest BCUT2D eigenvalue weighted by Crippen LogP contribution is 2.23. The van der Waals surface area contributed by atoms with Gasteiger partial charge >= 0.3 is 0 Å². The second kappa shape index (κ2) is 6.03. The summed E-state index contributed by atoms with van der Waals surface area (Å²) in [7, 11) is 0. The number of benzene rings is 2. The van der Waals surface area contributed by atoms with E-state index in [9.17, 15) is 10.1 Å². The molecule has 0 radical (unpaired) electrons. The Balaban J connectivity index is 1.75. The summed E-state index contributed by atoms with van der Waals surface area (Å²) in [6.07, 6.45) is 1.68. The van der Waals surface area contributed by atoms with E-state index in [2.05, 4.69) is 5.10 Å². The van der Waals surface area contributed by atoms with Gasteiger partial charge in [-0.25, -0.2) is 0 Å². The average Bonchev–Trinajstić information content (AvgIpc) is 2.91. The van der Waals surface area contributed by atoms with Gasteiger partial charge < -0.3 is 4.74 Å². The van der Waals surface area contributed by atoms with Crippen molar-refractivity contribution in [3.05, 3.63) is 63.8 Å². The largest absolute Gasteiger partial charge is 0.490 e. The number of hydrogen-bond donors (Lipinski definition) is 0. The van der Waals surface area contributed by atoms with Crippen molar-refractivity contribution in [3.8, 4) is 5.75 Å². The zero-order chi connectivity index (χ0) is 15.5. The number of rotatable bonds is 5. The first-order chi connectivity index (χ1) is 10.6. The third-order valence-corrected chi connectivity index (χ3v) is 3.55. The Morgan fingerprint density at radius 3 is 2.86 bits per heavy atom. The standard InChI is InChI=1S/C15H12ClN3O3/c16-13-3-1-2-4-15(13)22-8-7-18-14-9-12(19(20)21)6-5-11(14)10-17-18/h1-6,9-10H,7-8H2. The molecule has 3 rings (SSSR count). The Labute approximate surface area is 131 Å². The molecule has 0 unspecified atom stereocenters. The molecule has 0 saturated carbocycles. The van der Waals surface area contributed by atoms with Gasteiger partial charge in [-0.1, -0.05) is 23.7 Å². The summed E-state index contributed by atoms with van der Waals surface area (Å²) in [6.45, 7) is 0.832. The molecule has 0 spiro atoms. The van der Waals surface area contributed by atoms with Crippen LogP contribution in [0.15, 0.2) is 48.7 Å². The zero-order valence-electron chi connectivity index (χ0n) is 11.5. The Morgan fingerprint density at radius 1 is 1.27 bits per heavy atom. The summed E-state index contributed by atoms with van der Waals surface area (Å²) in [5.74, 6) is 0.603. The molecule has 0 bridgehead atoms. The van der Waals surface area contributed by atoms with E-state index in [4.69, 9.17) is 16.3 Å². The van der Waals surface area contributed by atoms with Gasteiger partial charge in [0.05, 0.1) is 28.2 Å². The molecule has 3 aromatic rings. The Hall–Kier alpha value is -2.60. The number of aromatic nitrogens is 2. The Kier molecular flexibility index (Phi) is 3.93. The van der Waals surface area contributed by atoms with Crippen molar-refractivity contribution in [2.24, 2.45) is 0 Å². The van der Waals surface area contributed by atoms with Crippen molar-refractivity contribution in [1.29, 1.82) is 0 Å². The molecule has 0 fully saturated rings. The predicted octanol–water partition coefficient (Wildman–Crippen LogP) is 3.68. The van der Waals surface area contributed by atoms with Crippen molar-refractivity contribution in [2.45, 2.75) is 6.54 Å². The number of halogens is 1. The van der Waals surface area contributed by atoms with Crippen LogP contribution in [0.2, 0.25) is 5.02 Å². The smallest absolute Gasteiger partial charge is 0.271 e. The number of nitrogens with zero attached hydrogens (tertiary/aromatic N) is 3. The number of fused-ring (bicyclic) bond motifs is 1. The quantitative estimate of drug-likeness (QED) is 0.531. The molecule has 112 valence electrons. The highest BCUT2D eigenvalue weighted by atomic mass is 35.5. The van der Waals surface area contributed by atoms with E-state index in [0.717, 1.165) is 5.39 Å². The van der Waals surface area contributed by atoms with Gasteiger partial charge in [0.15, 0.2) is 0 Å². The second-order valence-electron chi connectivity index (χ2n) is 4.65. The Morgan fingerprint density at radius 2 is 2.09 bits per heavy atom. The molecule has 22 heavy (non-hydrogen) atoms. The topological polar surface area (TPSA) is 70.2 Å². The summed E-state index contributed by atoms with van der Waals surface area (Å²) >= 11 is 6.01. The van der Waals surface area contributed by atoms with E-state index in [1.165, 1.54) is 12.1 Å². The molecular weight excluding hydrogens is 306 g/mol. The minimum Gasteiger partial charge on any atom is -0.490 e. The maximum atomic E-state index is 10.9. The van der Waals surface area contributed by atoms with Crippen LogP contribution in [0.5, 0.6) is 5.75 Å². The monoisotopic (exact) mass is 317 g/mol. The molecule has 0 aliphatic heterocycles. The zero-order valence-corrected chi connectivity index (χ0v) is 12.2. The highest BCUT2D eigenvalue weighted by Gasteiger charge is 2.10. The van der Waals surface area contributed by atoms with Crippen molar-refractivity contribution >= 4 is 28.2 Å². The van der Waals surface area contributed by atoms with Crippen molar-refractivity contribution in [3.63, 3.8) is 0 Å². The second-order valence-corrected chi connectivity index (χ2v) is 5.05. The lowest BCUT2D eigenvalue weighted by atomic mass is 10.2. The van der Waals surface area contributed by atoms with E-state index in [1.807, 2.05) is 12.1 Å². The summed E-state index contributed by atoms with van der Waals surface area (Å²) in [5.41, 5.74) is 0.748. The molecule has 0 aliphatic carbocycles. The molecule has 0 amide bonds. The van der Waals surface area contributed by atoms with Crippen molar-refractivity contribution < 1.29 is 9.66 Å². The minimum atomic E-state index is -0.420. The number of hydrogen-bond acceptors (Lipinski definition) is 4. The van der Waals surface area contributed by atoms with Crippen LogP contribution in [-0.2, 0) is 6.54 Å². The normalized spacial score (nSPS) is 10.8. The van der Waals surface area contributed by atoms with Gasteiger partial charge in [0.25, 0.3) is 5.69 Å². The SMILES string of the molecule is O=[N+]([O-])c1ccc2cnn(CCOc3ccccc3Cl)c2c1. The lowest BCUT2D eigenvalue weighted by Crippen LogP contribution is -2.09. The molecule has 0 aliphatic rings. The van der Waals surface area contributed by atoms with Gasteiger partial charge in [0.2, 0.25) is 0 Å². The highest BCUT2D eigenvalue weighted by molar-refractivity contribution is 6.32. The summed E-state index contributed by atoms with van der Waals surface area (Å²) < 4.78 is 7.29. The lowest BCUT2D eigenvalue weighted by molar-refractivity contribution is -0.384. The number of ether oxygens (including phenoxy) is 1. The van der Waals surface area contributed by atoms with Crippen LogP contribution in [0.3, 0.4) is 0 Å². The number of para-hydroxylation sites is 1. The van der Waals surface area contributed by atoms with Crippen LogP contribution in [0.25, 0.3) is 10.9 Å². The Bertz CT molecular complexity index is 832. The van der Waals surface area contributed by atoms with Gasteiger partial charge in [-0.2, -0.15) is 5.10 Å². The molecule has 2 aromatic carbocycles. The number of non-ortho nitro benzene ring substituents is 1. The van der Waals surface area contributed by atoms with Gasteiger partial charge in [0, 0.05) is 17.5 Å². The molecule has 1 heterocycles. The maximum absolute atomic E-state index is 10.9. The number of nitro groups is 1. The lowest BCUT2D eigenvalue weighted by Gasteiger charge is -2.08. The molecule has 0 N–H and O–H groups in total. The summed E-state index contributed by atoms with van der Waals surface area (Å²) in [6, 6.07) is 11.9. The first kappa shape index (κ1) is 14.3. The fourth-order valence-corrected chi connectivity index (χ4v) is 2.34. The molecular formula is C15H12ClN3O3. The van der Waals surface area contributed by atoms with E-state index in [1.54, 1.807) is 29.1 Å². The van der Waals surface area contributed by atoms with Gasteiger partial charge in [0.1, 0.15) is 12.4 Å². The van der Waals surface area contributed by atoms with Gasteiger partial charge in [-0.3, -0.25) is 14.8 Å². The van der Waals surface area contributed by atoms with Crippen LogP contribution < -0.4 is 4.74 Å². The van der Waals surface area contributed by atoms with E-state index in [0.29, 0.717) is 29.4 Å².